The van der Waals surface area contributed by atoms with Crippen molar-refractivity contribution in [1.82, 2.24) is 9.55 Å². The van der Waals surface area contributed by atoms with E-state index in [0.717, 1.165) is 12.8 Å². The summed E-state index contributed by atoms with van der Waals surface area (Å²) in [6.07, 6.45) is 1.55. The quantitative estimate of drug-likeness (QED) is 0.167. The summed E-state index contributed by atoms with van der Waals surface area (Å²) >= 11 is 1.25. The van der Waals surface area contributed by atoms with Crippen LogP contribution in [0, 0.1) is 10.1 Å². The van der Waals surface area contributed by atoms with Gasteiger partial charge in [-0.1, -0.05) is 60.3 Å². The topological polar surface area (TPSA) is 121 Å². The molecule has 34 heavy (non-hydrogen) atoms. The van der Waals surface area contributed by atoms with Crippen molar-refractivity contribution in [3.63, 3.8) is 0 Å². The molecule has 0 saturated carbocycles. The maximum absolute atomic E-state index is 13.2. The summed E-state index contributed by atoms with van der Waals surface area (Å²) in [5.41, 5.74) is 7.18. The summed E-state index contributed by atoms with van der Waals surface area (Å²) in [5, 5.41) is 12.6. The van der Waals surface area contributed by atoms with Gasteiger partial charge in [0.15, 0.2) is 5.16 Å². The minimum Gasteiger partial charge on any atom is -0.366 e. The second kappa shape index (κ2) is 10.3. The van der Waals surface area contributed by atoms with E-state index < -0.39 is 10.8 Å². The number of fused-ring (bicyclic) bond motifs is 1. The number of para-hydroxylation sites is 1. The van der Waals surface area contributed by atoms with Gasteiger partial charge in [0.2, 0.25) is 5.91 Å². The monoisotopic (exact) mass is 474 g/mol. The molecular weight excluding hydrogens is 452 g/mol. The van der Waals surface area contributed by atoms with Crippen LogP contribution in [0.2, 0.25) is 0 Å². The minimum atomic E-state index is -0.731. The molecule has 4 rings (SSSR count). The first-order chi connectivity index (χ1) is 16.4. The standard InChI is InChI=1S/C25H22N4O4S/c26-23(30)18-12-13-19(22(15-18)29(32)33)16-34-25-27-21-11-5-4-10-20(21)24(31)28(25)14-6-9-17-7-2-1-3-8-17/h1-5,7-8,10-13,15H,6,9,14,16H2,(H2,26,30). The molecular formula is C25H22N4O4S. The van der Waals surface area contributed by atoms with Crippen molar-refractivity contribution >= 4 is 34.3 Å². The van der Waals surface area contributed by atoms with Crippen LogP contribution in [0.1, 0.15) is 27.9 Å². The molecule has 0 radical (unpaired) electrons. The van der Waals surface area contributed by atoms with Gasteiger partial charge in [0.1, 0.15) is 0 Å². The van der Waals surface area contributed by atoms with E-state index >= 15 is 0 Å². The Hall–Kier alpha value is -3.98. The van der Waals surface area contributed by atoms with Gasteiger partial charge >= 0.3 is 0 Å². The summed E-state index contributed by atoms with van der Waals surface area (Å²) in [5.74, 6) is -0.524. The molecule has 1 heterocycles. The highest BCUT2D eigenvalue weighted by atomic mass is 32.2. The molecule has 0 unspecified atom stereocenters. The number of thioether (sulfide) groups is 1. The predicted octanol–water partition coefficient (Wildman–Crippen LogP) is 4.33. The van der Waals surface area contributed by atoms with Crippen LogP contribution in [0.25, 0.3) is 10.9 Å². The number of nitro groups is 1. The SMILES string of the molecule is NC(=O)c1ccc(CSc2nc3ccccc3c(=O)n2CCCc2ccccc2)c([N+](=O)[O-])c1. The van der Waals surface area contributed by atoms with Gasteiger partial charge in [0.25, 0.3) is 11.2 Å². The maximum Gasteiger partial charge on any atom is 0.274 e. The number of hydrogen-bond acceptors (Lipinski definition) is 6. The molecule has 4 aromatic rings. The van der Waals surface area contributed by atoms with E-state index in [1.807, 2.05) is 36.4 Å². The molecule has 1 aromatic heterocycles. The van der Waals surface area contributed by atoms with E-state index in [9.17, 15) is 19.7 Å². The zero-order valence-corrected chi connectivity index (χ0v) is 19.0. The lowest BCUT2D eigenvalue weighted by molar-refractivity contribution is -0.385. The smallest absolute Gasteiger partial charge is 0.274 e. The highest BCUT2D eigenvalue weighted by Gasteiger charge is 2.18. The second-order valence-electron chi connectivity index (χ2n) is 7.71. The van der Waals surface area contributed by atoms with Crippen molar-refractivity contribution in [1.29, 1.82) is 0 Å². The van der Waals surface area contributed by atoms with E-state index in [-0.39, 0.29) is 22.6 Å². The molecule has 0 aliphatic heterocycles. The van der Waals surface area contributed by atoms with Gasteiger partial charge in [-0.15, -0.1) is 0 Å². The maximum atomic E-state index is 13.2. The van der Waals surface area contributed by atoms with Crippen molar-refractivity contribution in [3.8, 4) is 0 Å². The normalized spacial score (nSPS) is 10.9. The fourth-order valence-electron chi connectivity index (χ4n) is 3.69. The Balaban J connectivity index is 1.63. The molecule has 0 aliphatic rings. The summed E-state index contributed by atoms with van der Waals surface area (Å²) < 4.78 is 1.64. The van der Waals surface area contributed by atoms with Gasteiger partial charge in [0.05, 0.1) is 15.8 Å². The number of benzene rings is 3. The Morgan fingerprint density at radius 2 is 1.79 bits per heavy atom. The van der Waals surface area contributed by atoms with Gasteiger partial charge in [-0.2, -0.15) is 0 Å². The number of carbonyl (C=O) groups is 1. The van der Waals surface area contributed by atoms with E-state index in [2.05, 4.69) is 4.98 Å². The highest BCUT2D eigenvalue weighted by Crippen LogP contribution is 2.28. The third-order valence-electron chi connectivity index (χ3n) is 5.44. The Kier molecular flexibility index (Phi) is 7.03. The lowest BCUT2D eigenvalue weighted by atomic mass is 10.1. The molecule has 172 valence electrons. The number of nitrogens with two attached hydrogens (primary N) is 1. The second-order valence-corrected chi connectivity index (χ2v) is 8.65. The fourth-order valence-corrected chi connectivity index (χ4v) is 4.71. The molecule has 3 aromatic carbocycles. The average molecular weight is 475 g/mol. The molecule has 9 heteroatoms. The van der Waals surface area contributed by atoms with E-state index in [0.29, 0.717) is 28.2 Å². The van der Waals surface area contributed by atoms with Gasteiger partial charge in [-0.3, -0.25) is 24.3 Å². The number of rotatable bonds is 9. The van der Waals surface area contributed by atoms with Crippen molar-refractivity contribution in [2.45, 2.75) is 30.3 Å². The number of primary amides is 1. The largest absolute Gasteiger partial charge is 0.366 e. The predicted molar refractivity (Wildman–Crippen MR) is 132 cm³/mol. The van der Waals surface area contributed by atoms with Crippen LogP contribution in [0.5, 0.6) is 0 Å². The van der Waals surface area contributed by atoms with Crippen LogP contribution in [0.4, 0.5) is 5.69 Å². The third-order valence-corrected chi connectivity index (χ3v) is 6.47. The molecule has 8 nitrogen and oxygen atoms in total. The molecule has 0 bridgehead atoms. The van der Waals surface area contributed by atoms with E-state index in [4.69, 9.17) is 5.73 Å². The molecule has 0 saturated heterocycles. The van der Waals surface area contributed by atoms with Crippen molar-refractivity contribution in [3.05, 3.63) is 110 Å². The number of aromatic nitrogens is 2. The summed E-state index contributed by atoms with van der Waals surface area (Å²) in [7, 11) is 0. The zero-order valence-electron chi connectivity index (χ0n) is 18.2. The number of aryl methyl sites for hydroxylation is 1. The first-order valence-corrected chi connectivity index (χ1v) is 11.7. The Morgan fingerprint density at radius 1 is 1.06 bits per heavy atom. The van der Waals surface area contributed by atoms with Crippen LogP contribution >= 0.6 is 11.8 Å². The zero-order chi connectivity index (χ0) is 24.1. The summed E-state index contributed by atoms with van der Waals surface area (Å²) in [4.78, 5) is 40.4. The van der Waals surface area contributed by atoms with Crippen molar-refractivity contribution in [2.24, 2.45) is 5.73 Å². The van der Waals surface area contributed by atoms with Gasteiger partial charge in [-0.05, 0) is 36.6 Å². The number of carbonyl (C=O) groups excluding carboxylic acids is 1. The Labute approximate surface area is 199 Å². The van der Waals surface area contributed by atoms with E-state index in [1.54, 1.807) is 22.8 Å². The molecule has 2 N–H and O–H groups in total. The fraction of sp³-hybridized carbons (Fsp3) is 0.160. The van der Waals surface area contributed by atoms with Crippen molar-refractivity contribution in [2.75, 3.05) is 0 Å². The van der Waals surface area contributed by atoms with Crippen molar-refractivity contribution < 1.29 is 9.72 Å². The van der Waals surface area contributed by atoms with Crippen LogP contribution in [0.3, 0.4) is 0 Å². The molecule has 0 aliphatic carbocycles. The number of nitrogens with zero attached hydrogens (tertiary/aromatic N) is 3. The number of hydrogen-bond donors (Lipinski definition) is 1. The van der Waals surface area contributed by atoms with E-state index in [1.165, 1.54) is 35.5 Å². The number of nitro benzene ring substituents is 1. The third kappa shape index (κ3) is 5.15. The van der Waals surface area contributed by atoms with Gasteiger partial charge in [0, 0.05) is 29.5 Å². The first kappa shape index (κ1) is 23.2. The number of amides is 1. The first-order valence-electron chi connectivity index (χ1n) is 10.7. The average Bonchev–Trinajstić information content (AvgIpc) is 2.84. The minimum absolute atomic E-state index is 0.0714. The Bertz CT molecular complexity index is 1420. The van der Waals surface area contributed by atoms with Gasteiger partial charge < -0.3 is 5.73 Å². The van der Waals surface area contributed by atoms with Crippen LogP contribution in [-0.4, -0.2) is 20.4 Å². The Morgan fingerprint density at radius 3 is 2.53 bits per heavy atom. The van der Waals surface area contributed by atoms with Gasteiger partial charge in [-0.25, -0.2) is 4.98 Å². The van der Waals surface area contributed by atoms with Crippen LogP contribution in [0.15, 0.2) is 82.7 Å². The summed E-state index contributed by atoms with van der Waals surface area (Å²) in [6, 6.07) is 21.3. The summed E-state index contributed by atoms with van der Waals surface area (Å²) in [6.45, 7) is 0.469. The van der Waals surface area contributed by atoms with Crippen LogP contribution < -0.4 is 11.3 Å². The molecule has 0 atom stereocenters. The highest BCUT2D eigenvalue weighted by molar-refractivity contribution is 7.98. The molecule has 1 amide bonds. The lowest BCUT2D eigenvalue weighted by Crippen LogP contribution is -2.23. The lowest BCUT2D eigenvalue weighted by Gasteiger charge is -2.13. The van der Waals surface area contributed by atoms with Crippen LogP contribution in [-0.2, 0) is 18.7 Å². The molecule has 0 fully saturated rings. The molecule has 0 spiro atoms.